The van der Waals surface area contributed by atoms with Gasteiger partial charge < -0.3 is 10.6 Å². The summed E-state index contributed by atoms with van der Waals surface area (Å²) in [5.74, 6) is 0.469. The third-order valence-corrected chi connectivity index (χ3v) is 3.07. The molecule has 0 aliphatic rings. The molecule has 2 rings (SSSR count). The Hall–Kier alpha value is -2.63. The minimum Gasteiger partial charge on any atom is -0.326 e. The monoisotopic (exact) mass is 300 g/mol. The summed E-state index contributed by atoms with van der Waals surface area (Å²) in [6, 6.07) is 9.17. The van der Waals surface area contributed by atoms with Crippen molar-refractivity contribution in [2.45, 2.75) is 33.2 Å². The van der Waals surface area contributed by atoms with Crippen LogP contribution in [0.15, 0.2) is 36.5 Å². The highest BCUT2D eigenvalue weighted by Gasteiger charge is 2.10. The number of carbonyl (C=O) groups excluding carboxylic acids is 2. The van der Waals surface area contributed by atoms with Gasteiger partial charge in [0.25, 0.3) is 0 Å². The summed E-state index contributed by atoms with van der Waals surface area (Å²) in [4.78, 5) is 23.1. The first-order valence-electron chi connectivity index (χ1n) is 7.15. The Balaban J connectivity index is 1.97. The van der Waals surface area contributed by atoms with E-state index in [0.29, 0.717) is 5.82 Å². The molecule has 0 aliphatic carbocycles. The second kappa shape index (κ2) is 6.89. The summed E-state index contributed by atoms with van der Waals surface area (Å²) < 4.78 is 1.76. The van der Waals surface area contributed by atoms with Gasteiger partial charge in [0, 0.05) is 24.7 Å². The molecule has 0 fully saturated rings. The van der Waals surface area contributed by atoms with Gasteiger partial charge in [0.15, 0.2) is 0 Å². The number of rotatable bonds is 5. The number of carbonyl (C=O) groups is 2. The average molecular weight is 300 g/mol. The molecule has 1 aromatic carbocycles. The smallest absolute Gasteiger partial charge is 0.229 e. The molecule has 0 atom stereocenters. The molecule has 6 nitrogen and oxygen atoms in total. The molecule has 1 aromatic heterocycles. The second-order valence-electron chi connectivity index (χ2n) is 5.36. The molecular weight excluding hydrogens is 280 g/mol. The zero-order valence-corrected chi connectivity index (χ0v) is 13.0. The summed E-state index contributed by atoms with van der Waals surface area (Å²) in [6.07, 6.45) is 1.93. The molecule has 0 saturated heterocycles. The van der Waals surface area contributed by atoms with Gasteiger partial charge in [0.05, 0.1) is 12.6 Å². The second-order valence-corrected chi connectivity index (χ2v) is 5.36. The molecule has 116 valence electrons. The number of anilines is 2. The lowest BCUT2D eigenvalue weighted by Crippen LogP contribution is -2.18. The Bertz CT molecular complexity index is 659. The van der Waals surface area contributed by atoms with Gasteiger partial charge in [-0.2, -0.15) is 5.10 Å². The van der Waals surface area contributed by atoms with Crippen LogP contribution in [0, 0.1) is 0 Å². The minimum absolute atomic E-state index is 0.102. The fraction of sp³-hybridized carbons (Fsp3) is 0.312. The molecule has 1 heterocycles. The van der Waals surface area contributed by atoms with Crippen LogP contribution < -0.4 is 10.6 Å². The van der Waals surface area contributed by atoms with Crippen molar-refractivity contribution in [2.24, 2.45) is 0 Å². The molecule has 0 saturated carbocycles. The van der Waals surface area contributed by atoms with Gasteiger partial charge in [0.2, 0.25) is 11.8 Å². The number of aromatic nitrogens is 2. The van der Waals surface area contributed by atoms with Crippen LogP contribution in [0.1, 0.15) is 32.4 Å². The van der Waals surface area contributed by atoms with Gasteiger partial charge in [-0.15, -0.1) is 0 Å². The van der Waals surface area contributed by atoms with E-state index in [1.54, 1.807) is 29.1 Å². The fourth-order valence-corrected chi connectivity index (χ4v) is 2.11. The summed E-state index contributed by atoms with van der Waals surface area (Å²) in [7, 11) is 0. The predicted octanol–water partition coefficient (Wildman–Crippen LogP) is 2.60. The van der Waals surface area contributed by atoms with E-state index in [-0.39, 0.29) is 24.3 Å². The minimum atomic E-state index is -0.118. The third-order valence-electron chi connectivity index (χ3n) is 3.07. The van der Waals surface area contributed by atoms with Crippen molar-refractivity contribution in [1.82, 2.24) is 9.78 Å². The molecule has 6 heteroatoms. The number of hydrogen-bond donors (Lipinski definition) is 2. The van der Waals surface area contributed by atoms with Crippen molar-refractivity contribution >= 4 is 23.3 Å². The van der Waals surface area contributed by atoms with Crippen LogP contribution in [-0.4, -0.2) is 21.6 Å². The number of benzene rings is 1. The van der Waals surface area contributed by atoms with E-state index in [2.05, 4.69) is 15.7 Å². The van der Waals surface area contributed by atoms with Gasteiger partial charge in [0.1, 0.15) is 5.82 Å². The SMILES string of the molecule is CC(=O)Nc1ccc(CC(=O)Nc2ccnn2C(C)C)cc1. The lowest BCUT2D eigenvalue weighted by atomic mass is 10.1. The summed E-state index contributed by atoms with van der Waals surface area (Å²) in [5.41, 5.74) is 1.59. The molecule has 2 aromatic rings. The van der Waals surface area contributed by atoms with E-state index < -0.39 is 0 Å². The maximum absolute atomic E-state index is 12.1. The number of hydrogen-bond acceptors (Lipinski definition) is 3. The van der Waals surface area contributed by atoms with Crippen LogP contribution in [0.25, 0.3) is 0 Å². The quantitative estimate of drug-likeness (QED) is 0.891. The maximum atomic E-state index is 12.1. The van der Waals surface area contributed by atoms with Crippen LogP contribution in [0.5, 0.6) is 0 Å². The zero-order valence-electron chi connectivity index (χ0n) is 13.0. The van der Waals surface area contributed by atoms with Gasteiger partial charge in [-0.3, -0.25) is 9.59 Å². The van der Waals surface area contributed by atoms with E-state index in [1.165, 1.54) is 6.92 Å². The zero-order chi connectivity index (χ0) is 16.1. The van der Waals surface area contributed by atoms with Crippen LogP contribution in [0.3, 0.4) is 0 Å². The summed E-state index contributed by atoms with van der Waals surface area (Å²) in [6.45, 7) is 5.46. The van der Waals surface area contributed by atoms with Gasteiger partial charge in [-0.05, 0) is 31.5 Å². The van der Waals surface area contributed by atoms with Crippen molar-refractivity contribution in [1.29, 1.82) is 0 Å². The van der Waals surface area contributed by atoms with Crippen LogP contribution in [0.2, 0.25) is 0 Å². The lowest BCUT2D eigenvalue weighted by molar-refractivity contribution is -0.116. The predicted molar refractivity (Wildman–Crippen MR) is 85.7 cm³/mol. The summed E-state index contributed by atoms with van der Waals surface area (Å²) in [5, 5.41) is 9.73. The Morgan fingerprint density at radius 3 is 2.41 bits per heavy atom. The summed E-state index contributed by atoms with van der Waals surface area (Å²) >= 11 is 0. The molecule has 2 amide bonds. The molecule has 0 radical (unpaired) electrons. The van der Waals surface area contributed by atoms with Gasteiger partial charge >= 0.3 is 0 Å². The van der Waals surface area contributed by atoms with Crippen molar-refractivity contribution in [3.63, 3.8) is 0 Å². The molecule has 0 bridgehead atoms. The molecule has 2 N–H and O–H groups in total. The van der Waals surface area contributed by atoms with E-state index in [4.69, 9.17) is 0 Å². The first-order chi connectivity index (χ1) is 10.5. The normalized spacial score (nSPS) is 10.5. The molecule has 0 aliphatic heterocycles. The molecule has 0 spiro atoms. The van der Waals surface area contributed by atoms with Gasteiger partial charge in [-0.25, -0.2) is 4.68 Å². The molecule has 22 heavy (non-hydrogen) atoms. The topological polar surface area (TPSA) is 76.0 Å². The lowest BCUT2D eigenvalue weighted by Gasteiger charge is -2.12. The standard InChI is InChI=1S/C16H20N4O2/c1-11(2)20-15(8-9-17-20)19-16(22)10-13-4-6-14(7-5-13)18-12(3)21/h4-9,11H,10H2,1-3H3,(H,18,21)(H,19,22). The first-order valence-corrected chi connectivity index (χ1v) is 7.15. The van der Waals surface area contributed by atoms with Crippen molar-refractivity contribution in [3.05, 3.63) is 42.1 Å². The number of nitrogens with zero attached hydrogens (tertiary/aromatic N) is 2. The van der Waals surface area contributed by atoms with Crippen molar-refractivity contribution < 1.29 is 9.59 Å². The third kappa shape index (κ3) is 4.18. The van der Waals surface area contributed by atoms with Crippen LogP contribution in [0.4, 0.5) is 11.5 Å². The highest BCUT2D eigenvalue weighted by atomic mass is 16.2. The first kappa shape index (κ1) is 15.8. The Labute approximate surface area is 129 Å². The Morgan fingerprint density at radius 2 is 1.82 bits per heavy atom. The van der Waals surface area contributed by atoms with Crippen molar-refractivity contribution in [3.8, 4) is 0 Å². The largest absolute Gasteiger partial charge is 0.326 e. The highest BCUT2D eigenvalue weighted by Crippen LogP contribution is 2.14. The van der Waals surface area contributed by atoms with Gasteiger partial charge in [-0.1, -0.05) is 12.1 Å². The van der Waals surface area contributed by atoms with Crippen molar-refractivity contribution in [2.75, 3.05) is 10.6 Å². The van der Waals surface area contributed by atoms with Crippen LogP contribution in [-0.2, 0) is 16.0 Å². The van der Waals surface area contributed by atoms with E-state index >= 15 is 0 Å². The maximum Gasteiger partial charge on any atom is 0.229 e. The van der Waals surface area contributed by atoms with E-state index in [9.17, 15) is 9.59 Å². The Kier molecular flexibility index (Phi) is 4.93. The van der Waals surface area contributed by atoms with E-state index in [0.717, 1.165) is 11.3 Å². The molecule has 0 unspecified atom stereocenters. The fourth-order valence-electron chi connectivity index (χ4n) is 2.11. The molecular formula is C16H20N4O2. The van der Waals surface area contributed by atoms with Crippen LogP contribution >= 0.6 is 0 Å². The number of amides is 2. The highest BCUT2D eigenvalue weighted by molar-refractivity contribution is 5.92. The van der Waals surface area contributed by atoms with E-state index in [1.807, 2.05) is 26.0 Å². The average Bonchev–Trinajstić information content (AvgIpc) is 2.88. The Morgan fingerprint density at radius 1 is 1.14 bits per heavy atom. The number of nitrogens with one attached hydrogen (secondary N) is 2.